The molecule has 66 valence electrons. The van der Waals surface area contributed by atoms with Crippen LogP contribution >= 0.6 is 61.1 Å². The predicted molar refractivity (Wildman–Crippen MR) is 62.3 cm³/mol. The maximum absolute atomic E-state index is 12.3. The van der Waals surface area contributed by atoms with Crippen LogP contribution in [-0.4, -0.2) is 4.98 Å². The molecule has 0 bridgehead atoms. The molecule has 1 aromatic heterocycles. The molecule has 0 saturated carbocycles. The van der Waals surface area contributed by atoms with Crippen LogP contribution in [0.25, 0.3) is 0 Å². The van der Waals surface area contributed by atoms with E-state index in [0.717, 1.165) is 7.27 Å². The third kappa shape index (κ3) is 2.47. The van der Waals surface area contributed by atoms with E-state index < -0.39 is 6.43 Å². The van der Waals surface area contributed by atoms with E-state index in [0.29, 0.717) is 0 Å². The second kappa shape index (κ2) is 4.45. The van der Waals surface area contributed by atoms with Gasteiger partial charge in [0, 0.05) is 3.57 Å². The van der Waals surface area contributed by atoms with Gasteiger partial charge in [0.25, 0.3) is 6.43 Å². The van der Waals surface area contributed by atoms with Gasteiger partial charge in [0.1, 0.15) is 8.30 Å². The summed E-state index contributed by atoms with van der Waals surface area (Å²) >= 11 is 6.95. The Balaban J connectivity index is 3.23. The van der Waals surface area contributed by atoms with Crippen molar-refractivity contribution in [2.24, 2.45) is 0 Å². The van der Waals surface area contributed by atoms with Gasteiger partial charge in [-0.2, -0.15) is 0 Å². The lowest BCUT2D eigenvalue weighted by atomic mass is 10.3. The molecule has 0 spiro atoms. The van der Waals surface area contributed by atoms with E-state index >= 15 is 0 Å². The minimum atomic E-state index is -2.47. The van der Waals surface area contributed by atoms with Gasteiger partial charge in [-0.25, -0.2) is 13.8 Å². The van der Waals surface area contributed by atoms with E-state index in [-0.39, 0.29) is 10.2 Å². The zero-order valence-corrected chi connectivity index (χ0v) is 11.4. The predicted octanol–water partition coefficient (Wildman–Crippen LogP) is 3.99. The van der Waals surface area contributed by atoms with Crippen LogP contribution in [0.3, 0.4) is 0 Å². The van der Waals surface area contributed by atoms with Crippen molar-refractivity contribution in [2.75, 3.05) is 0 Å². The lowest BCUT2D eigenvalue weighted by Gasteiger charge is -2.03. The van der Waals surface area contributed by atoms with E-state index in [4.69, 9.17) is 0 Å². The maximum atomic E-state index is 12.3. The average Bonchev–Trinajstić information content (AvgIpc) is 1.96. The summed E-state index contributed by atoms with van der Waals surface area (Å²) in [4.78, 5) is 3.91. The van der Waals surface area contributed by atoms with Crippen LogP contribution < -0.4 is 0 Å². The normalized spacial score (nSPS) is 10.8. The molecule has 0 aromatic carbocycles. The minimum absolute atomic E-state index is 0.0557. The Labute approximate surface area is 104 Å². The van der Waals surface area contributed by atoms with Gasteiger partial charge in [0.05, 0.1) is 5.56 Å². The van der Waals surface area contributed by atoms with E-state index in [1.807, 2.05) is 45.2 Å². The van der Waals surface area contributed by atoms with Crippen LogP contribution in [-0.2, 0) is 0 Å². The van der Waals surface area contributed by atoms with Crippen molar-refractivity contribution in [3.05, 3.63) is 23.5 Å². The molecular weight excluding hydrogens is 458 g/mol. The van der Waals surface area contributed by atoms with Crippen LogP contribution in [0, 0.1) is 7.27 Å². The number of pyridine rings is 1. The Morgan fingerprint density at radius 2 is 2.00 bits per heavy atom. The summed E-state index contributed by atoms with van der Waals surface area (Å²) in [6.07, 6.45) is -2.47. The van der Waals surface area contributed by atoms with Crippen molar-refractivity contribution in [1.82, 2.24) is 4.98 Å². The first-order chi connectivity index (χ1) is 5.52. The summed E-state index contributed by atoms with van der Waals surface area (Å²) in [5.41, 5.74) is -0.0557. The smallest absolute Gasteiger partial charge is 0.233 e. The monoisotopic (exact) mass is 459 g/mol. The van der Waals surface area contributed by atoms with Gasteiger partial charge in [-0.3, -0.25) is 0 Å². The van der Waals surface area contributed by atoms with E-state index in [2.05, 4.69) is 20.9 Å². The second-order valence-electron chi connectivity index (χ2n) is 1.94. The zero-order valence-electron chi connectivity index (χ0n) is 5.49. The van der Waals surface area contributed by atoms with Crippen molar-refractivity contribution in [3.63, 3.8) is 0 Å². The van der Waals surface area contributed by atoms with Gasteiger partial charge in [-0.05, 0) is 67.2 Å². The fourth-order valence-corrected chi connectivity index (χ4v) is 2.26. The first kappa shape index (κ1) is 11.0. The lowest BCUT2D eigenvalue weighted by molar-refractivity contribution is 0.150. The first-order valence-corrected chi connectivity index (χ1v) is 5.77. The van der Waals surface area contributed by atoms with Gasteiger partial charge in [-0.1, -0.05) is 0 Å². The minimum Gasteiger partial charge on any atom is -0.233 e. The summed E-state index contributed by atoms with van der Waals surface area (Å²) in [5.74, 6) is 0. The first-order valence-electron chi connectivity index (χ1n) is 2.82. The van der Waals surface area contributed by atoms with Crippen molar-refractivity contribution >= 4 is 61.1 Å². The van der Waals surface area contributed by atoms with E-state index in [1.54, 1.807) is 0 Å². The molecule has 12 heavy (non-hydrogen) atoms. The standard InChI is InChI=1S/C6H2BrF2I2N/c7-4-2(5(8)9)1-3(10)6(11)12-4/h1,5H. The molecule has 0 atom stereocenters. The topological polar surface area (TPSA) is 12.9 Å². The molecule has 0 unspecified atom stereocenters. The highest BCUT2D eigenvalue weighted by Crippen LogP contribution is 2.28. The third-order valence-corrected chi connectivity index (χ3v) is 4.46. The van der Waals surface area contributed by atoms with Crippen molar-refractivity contribution < 1.29 is 8.78 Å². The molecule has 0 amide bonds. The molecule has 0 aliphatic heterocycles. The average molecular weight is 460 g/mol. The SMILES string of the molecule is FC(F)c1cc(I)c(I)nc1Br. The number of nitrogens with zero attached hydrogens (tertiary/aromatic N) is 1. The Hall–Kier alpha value is 0.950. The van der Waals surface area contributed by atoms with Crippen LogP contribution in [0.1, 0.15) is 12.0 Å². The Morgan fingerprint density at radius 3 is 2.50 bits per heavy atom. The van der Waals surface area contributed by atoms with E-state index in [9.17, 15) is 8.78 Å². The number of halogens is 5. The second-order valence-corrected chi connectivity index (χ2v) is 4.88. The molecule has 0 saturated heterocycles. The van der Waals surface area contributed by atoms with Gasteiger partial charge in [0.15, 0.2) is 0 Å². The molecule has 0 aliphatic carbocycles. The highest BCUT2D eigenvalue weighted by atomic mass is 127. The van der Waals surface area contributed by atoms with Gasteiger partial charge < -0.3 is 0 Å². The zero-order chi connectivity index (χ0) is 9.30. The number of aromatic nitrogens is 1. The number of hydrogen-bond donors (Lipinski definition) is 0. The molecule has 1 aromatic rings. The molecule has 0 fully saturated rings. The highest BCUT2D eigenvalue weighted by Gasteiger charge is 2.14. The summed E-state index contributed by atoms with van der Waals surface area (Å²) in [6.45, 7) is 0. The van der Waals surface area contributed by atoms with Crippen LogP contribution in [0.2, 0.25) is 0 Å². The van der Waals surface area contributed by atoms with Gasteiger partial charge in [-0.15, -0.1) is 0 Å². The molecule has 1 rings (SSSR count). The Bertz CT molecular complexity index is 306. The van der Waals surface area contributed by atoms with Crippen LogP contribution in [0.15, 0.2) is 10.7 Å². The maximum Gasteiger partial charge on any atom is 0.266 e. The van der Waals surface area contributed by atoms with Crippen LogP contribution in [0.4, 0.5) is 8.78 Å². The molecule has 0 N–H and O–H groups in total. The molecule has 6 heteroatoms. The summed E-state index contributed by atoms with van der Waals surface area (Å²) in [6, 6.07) is 1.43. The molecular formula is C6H2BrF2I2N. The summed E-state index contributed by atoms with van der Waals surface area (Å²) in [5, 5.41) is 0. The van der Waals surface area contributed by atoms with E-state index in [1.165, 1.54) is 6.07 Å². The number of rotatable bonds is 1. The molecule has 1 heterocycles. The fraction of sp³-hybridized carbons (Fsp3) is 0.167. The van der Waals surface area contributed by atoms with Crippen molar-refractivity contribution in [1.29, 1.82) is 0 Å². The Kier molecular flexibility index (Phi) is 4.09. The Morgan fingerprint density at radius 1 is 1.42 bits per heavy atom. The van der Waals surface area contributed by atoms with Gasteiger partial charge >= 0.3 is 0 Å². The van der Waals surface area contributed by atoms with Gasteiger partial charge in [0.2, 0.25) is 0 Å². The molecule has 1 nitrogen and oxygen atoms in total. The van der Waals surface area contributed by atoms with Crippen molar-refractivity contribution in [2.45, 2.75) is 6.43 Å². The van der Waals surface area contributed by atoms with Crippen molar-refractivity contribution in [3.8, 4) is 0 Å². The molecule has 0 aliphatic rings. The summed E-state index contributed by atoms with van der Waals surface area (Å²) < 4.78 is 26.2. The largest absolute Gasteiger partial charge is 0.266 e. The third-order valence-electron chi connectivity index (χ3n) is 1.15. The van der Waals surface area contributed by atoms with Crippen LogP contribution in [0.5, 0.6) is 0 Å². The molecule has 0 radical (unpaired) electrons. The number of alkyl halides is 2. The lowest BCUT2D eigenvalue weighted by Crippen LogP contribution is -1.94. The number of hydrogen-bond acceptors (Lipinski definition) is 1. The quantitative estimate of drug-likeness (QED) is 0.457. The highest BCUT2D eigenvalue weighted by molar-refractivity contribution is 14.1. The fourth-order valence-electron chi connectivity index (χ4n) is 0.613. The summed E-state index contributed by atoms with van der Waals surface area (Å²) in [7, 11) is 0.